The predicted octanol–water partition coefficient (Wildman–Crippen LogP) is 6.07. The lowest BCUT2D eigenvalue weighted by atomic mass is 10.1. The first-order chi connectivity index (χ1) is 14.1. The maximum atomic E-state index is 10.1. The zero-order valence-electron chi connectivity index (χ0n) is 18.5. The van der Waals surface area contributed by atoms with Crippen LogP contribution in [0.5, 0.6) is 5.75 Å². The third kappa shape index (κ3) is 8.87. The van der Waals surface area contributed by atoms with Gasteiger partial charge in [0.05, 0.1) is 0 Å². The van der Waals surface area contributed by atoms with Crippen LogP contribution in [0.3, 0.4) is 0 Å². The molecule has 160 valence electrons. The van der Waals surface area contributed by atoms with Gasteiger partial charge in [0.15, 0.2) is 24.8 Å². The van der Waals surface area contributed by atoms with E-state index in [9.17, 15) is 5.11 Å². The van der Waals surface area contributed by atoms with Crippen molar-refractivity contribution in [1.29, 1.82) is 0 Å². The van der Waals surface area contributed by atoms with Gasteiger partial charge in [0.2, 0.25) is 0 Å². The quantitative estimate of drug-likeness (QED) is 0.523. The summed E-state index contributed by atoms with van der Waals surface area (Å²) in [4.78, 5) is 0. The van der Waals surface area contributed by atoms with Gasteiger partial charge in [-0.2, -0.15) is 0 Å². The number of pyridine rings is 2. The SMILES string of the molecule is C.CC.CC.C[n+]1ccc(/C=C/c2ccc(O)c(/C=C/c3cc[n+](C)cc3)c2)cc1. The van der Waals surface area contributed by atoms with Crippen molar-refractivity contribution in [1.82, 2.24) is 0 Å². The molecule has 0 aliphatic carbocycles. The van der Waals surface area contributed by atoms with Gasteiger partial charge >= 0.3 is 0 Å². The summed E-state index contributed by atoms with van der Waals surface area (Å²) in [5, 5.41) is 10.1. The molecule has 0 amide bonds. The lowest BCUT2D eigenvalue weighted by Crippen LogP contribution is -2.25. The molecule has 0 fully saturated rings. The van der Waals surface area contributed by atoms with Gasteiger partial charge in [0.1, 0.15) is 19.8 Å². The molecular weight excluding hydrogens is 368 g/mol. The van der Waals surface area contributed by atoms with Crippen molar-refractivity contribution in [3.8, 4) is 5.75 Å². The largest absolute Gasteiger partial charge is 0.507 e. The highest BCUT2D eigenvalue weighted by Gasteiger charge is 1.99. The third-order valence-electron chi connectivity index (χ3n) is 3.98. The Kier molecular flexibility index (Phi) is 13.2. The molecule has 30 heavy (non-hydrogen) atoms. The van der Waals surface area contributed by atoms with E-state index in [0.717, 1.165) is 22.3 Å². The van der Waals surface area contributed by atoms with Crippen LogP contribution < -0.4 is 9.13 Å². The molecule has 0 radical (unpaired) electrons. The summed E-state index contributed by atoms with van der Waals surface area (Å²) >= 11 is 0. The molecule has 0 unspecified atom stereocenters. The number of aromatic hydroxyl groups is 1. The highest BCUT2D eigenvalue weighted by atomic mass is 16.3. The van der Waals surface area contributed by atoms with Gasteiger partial charge in [0.25, 0.3) is 0 Å². The molecule has 3 heteroatoms. The average Bonchev–Trinajstić information content (AvgIpc) is 2.77. The minimum atomic E-state index is 0. The minimum absolute atomic E-state index is 0. The van der Waals surface area contributed by atoms with Gasteiger partial charge in [-0.3, -0.25) is 0 Å². The van der Waals surface area contributed by atoms with Crippen molar-refractivity contribution in [2.24, 2.45) is 14.1 Å². The second-order valence-corrected chi connectivity index (χ2v) is 6.08. The Morgan fingerprint density at radius 2 is 1.00 bits per heavy atom. The molecule has 1 N–H and O–H groups in total. The van der Waals surface area contributed by atoms with Crippen LogP contribution in [-0.2, 0) is 14.1 Å². The zero-order valence-corrected chi connectivity index (χ0v) is 18.5. The molecule has 2 aromatic heterocycles. The molecule has 0 bridgehead atoms. The molecule has 0 saturated carbocycles. The standard InChI is InChI=1S/C22H21N2O.2C2H6.CH4/c1-23-13-9-18(10-14-23)3-4-20-6-8-22(25)21(17-20)7-5-19-11-15-24(2)16-12-19;2*1-2;/h3-17H,1-2H3;2*1-2H3;1H4/q+1;;;/p+1. The van der Waals surface area contributed by atoms with Gasteiger partial charge in [-0.25, -0.2) is 9.13 Å². The number of phenolic OH excluding ortho intramolecular Hbond substituents is 1. The fourth-order valence-electron chi connectivity index (χ4n) is 2.44. The molecule has 0 aliphatic rings. The van der Waals surface area contributed by atoms with Crippen LogP contribution in [0.25, 0.3) is 24.3 Å². The van der Waals surface area contributed by atoms with Gasteiger partial charge in [0, 0.05) is 29.8 Å². The van der Waals surface area contributed by atoms with E-state index >= 15 is 0 Å². The molecule has 3 rings (SSSR count). The summed E-state index contributed by atoms with van der Waals surface area (Å²) in [6.45, 7) is 8.00. The predicted molar refractivity (Wildman–Crippen MR) is 131 cm³/mol. The van der Waals surface area contributed by atoms with E-state index in [0.29, 0.717) is 0 Å². The number of rotatable bonds is 4. The normalized spacial score (nSPS) is 9.93. The third-order valence-corrected chi connectivity index (χ3v) is 3.98. The summed E-state index contributed by atoms with van der Waals surface area (Å²) in [7, 11) is 3.99. The summed E-state index contributed by atoms with van der Waals surface area (Å²) in [5.74, 6) is 0.279. The molecule has 0 aliphatic heterocycles. The Morgan fingerprint density at radius 3 is 1.47 bits per heavy atom. The molecule has 2 heterocycles. The van der Waals surface area contributed by atoms with Crippen LogP contribution >= 0.6 is 0 Å². The summed E-state index contributed by atoms with van der Waals surface area (Å²) in [5.41, 5.74) is 4.08. The zero-order chi connectivity index (χ0) is 21.6. The van der Waals surface area contributed by atoms with E-state index in [1.807, 2.05) is 112 Å². The van der Waals surface area contributed by atoms with Gasteiger partial charge < -0.3 is 5.11 Å². The van der Waals surface area contributed by atoms with E-state index in [1.165, 1.54) is 0 Å². The first-order valence-corrected chi connectivity index (χ1v) is 10.2. The van der Waals surface area contributed by atoms with E-state index < -0.39 is 0 Å². The summed E-state index contributed by atoms with van der Waals surface area (Å²) in [6, 6.07) is 13.8. The van der Waals surface area contributed by atoms with E-state index in [4.69, 9.17) is 0 Å². The Morgan fingerprint density at radius 1 is 0.600 bits per heavy atom. The maximum absolute atomic E-state index is 10.1. The van der Waals surface area contributed by atoms with Gasteiger partial charge in [-0.05, 0) is 28.8 Å². The van der Waals surface area contributed by atoms with E-state index in [-0.39, 0.29) is 13.2 Å². The van der Waals surface area contributed by atoms with E-state index in [2.05, 4.69) is 24.3 Å². The molecular formula is C27H38N2O+2. The highest BCUT2D eigenvalue weighted by molar-refractivity contribution is 5.76. The van der Waals surface area contributed by atoms with Crippen molar-refractivity contribution >= 4 is 24.3 Å². The molecule has 3 aromatic rings. The van der Waals surface area contributed by atoms with Gasteiger partial charge in [-0.15, -0.1) is 0 Å². The maximum Gasteiger partial charge on any atom is 0.169 e. The molecule has 0 atom stereocenters. The second-order valence-electron chi connectivity index (χ2n) is 6.08. The van der Waals surface area contributed by atoms with Crippen molar-refractivity contribution < 1.29 is 14.2 Å². The average molecular weight is 407 g/mol. The number of nitrogens with zero attached hydrogens (tertiary/aromatic N) is 2. The number of benzene rings is 1. The van der Waals surface area contributed by atoms with Crippen molar-refractivity contribution in [2.75, 3.05) is 0 Å². The summed E-state index contributed by atoms with van der Waals surface area (Å²) < 4.78 is 3.99. The number of hydrogen-bond acceptors (Lipinski definition) is 1. The lowest BCUT2D eigenvalue weighted by Gasteiger charge is -2.01. The smallest absolute Gasteiger partial charge is 0.169 e. The van der Waals surface area contributed by atoms with Crippen LogP contribution in [0.2, 0.25) is 0 Å². The first-order valence-electron chi connectivity index (χ1n) is 10.2. The van der Waals surface area contributed by atoms with Crippen molar-refractivity contribution in [2.45, 2.75) is 35.1 Å². The molecule has 0 spiro atoms. The Bertz CT molecular complexity index is 909. The summed E-state index contributed by atoms with van der Waals surface area (Å²) in [6.07, 6.45) is 16.1. The van der Waals surface area contributed by atoms with Crippen LogP contribution in [0.1, 0.15) is 57.4 Å². The monoisotopic (exact) mass is 406 g/mol. The second kappa shape index (κ2) is 14.7. The molecule has 0 saturated heterocycles. The highest BCUT2D eigenvalue weighted by Crippen LogP contribution is 2.22. The van der Waals surface area contributed by atoms with E-state index in [1.54, 1.807) is 6.07 Å². The number of hydrogen-bond donors (Lipinski definition) is 1. The fraction of sp³-hybridized carbons (Fsp3) is 0.259. The van der Waals surface area contributed by atoms with Crippen LogP contribution in [0, 0.1) is 0 Å². The van der Waals surface area contributed by atoms with Crippen LogP contribution in [0.4, 0.5) is 0 Å². The van der Waals surface area contributed by atoms with Crippen LogP contribution in [0.15, 0.2) is 67.3 Å². The Labute approximate surface area is 183 Å². The fourth-order valence-corrected chi connectivity index (χ4v) is 2.44. The van der Waals surface area contributed by atoms with Gasteiger partial charge in [-0.1, -0.05) is 65.5 Å². The lowest BCUT2D eigenvalue weighted by molar-refractivity contribution is -0.671. The Hall–Kier alpha value is -3.20. The number of phenols is 1. The number of aromatic nitrogens is 2. The topological polar surface area (TPSA) is 28.0 Å². The number of aryl methyl sites for hydroxylation is 2. The Balaban J connectivity index is 0.00000159. The minimum Gasteiger partial charge on any atom is -0.507 e. The first kappa shape index (κ1) is 26.8. The van der Waals surface area contributed by atoms with Crippen LogP contribution in [-0.4, -0.2) is 5.11 Å². The van der Waals surface area contributed by atoms with Crippen molar-refractivity contribution in [3.63, 3.8) is 0 Å². The van der Waals surface area contributed by atoms with Crippen molar-refractivity contribution in [3.05, 3.63) is 89.5 Å². The molecule has 1 aromatic carbocycles. The molecule has 3 nitrogen and oxygen atoms in total.